The Morgan fingerprint density at radius 3 is 2.77 bits per heavy atom. The van der Waals surface area contributed by atoms with E-state index in [1.807, 2.05) is 0 Å². The number of carbonyl (C=O) groups excluding carboxylic acids is 2. The first-order valence-corrected chi connectivity index (χ1v) is 7.75. The molecule has 116 valence electrons. The highest BCUT2D eigenvalue weighted by Crippen LogP contribution is 2.23. The van der Waals surface area contributed by atoms with Crippen LogP contribution in [0.3, 0.4) is 0 Å². The minimum Gasteiger partial charge on any atom is -0.452 e. The highest BCUT2D eigenvalue weighted by molar-refractivity contribution is 6.42. The molecule has 1 N–H and O–H groups in total. The zero-order chi connectivity index (χ0) is 15.5. The first-order chi connectivity index (χ1) is 10.6. The number of amides is 1. The molecule has 2 aromatic rings. The van der Waals surface area contributed by atoms with Crippen LogP contribution < -0.4 is 5.32 Å². The zero-order valence-electron chi connectivity index (χ0n) is 12.1. The average Bonchev–Trinajstić information content (AvgIpc) is 3.14. The number of Topliss-reactive ketones (excluding diaryl/α,β-unsaturated/α-hetero) is 1. The van der Waals surface area contributed by atoms with Crippen LogP contribution in [0, 0.1) is 0 Å². The second-order valence-corrected chi connectivity index (χ2v) is 5.86. The molecule has 0 spiro atoms. The van der Waals surface area contributed by atoms with Crippen molar-refractivity contribution in [3.63, 3.8) is 0 Å². The van der Waals surface area contributed by atoms with Gasteiger partial charge in [-0.3, -0.25) is 9.59 Å². The molecule has 1 amide bonds. The fraction of sp³-hybridized carbons (Fsp3) is 0.375. The molecule has 6 heteroatoms. The second-order valence-electron chi connectivity index (χ2n) is 5.43. The predicted octanol–water partition coefficient (Wildman–Crippen LogP) is 2.48. The van der Waals surface area contributed by atoms with Crippen LogP contribution in [0.15, 0.2) is 28.7 Å². The highest BCUT2D eigenvalue weighted by Gasteiger charge is 2.21. The van der Waals surface area contributed by atoms with Gasteiger partial charge in [-0.25, -0.2) is 0 Å². The van der Waals surface area contributed by atoms with Gasteiger partial charge in [-0.2, -0.15) is 0 Å². The van der Waals surface area contributed by atoms with Gasteiger partial charge in [0.1, 0.15) is 5.58 Å². The maximum absolute atomic E-state index is 12.1. The minimum atomic E-state index is -0.659. The second kappa shape index (κ2) is 6.50. The summed E-state index contributed by atoms with van der Waals surface area (Å²) < 4.78 is 5.41. The van der Waals surface area contributed by atoms with E-state index in [2.05, 4.69) is 10.2 Å². The molecule has 5 nitrogen and oxygen atoms in total. The van der Waals surface area contributed by atoms with Gasteiger partial charge in [-0.15, -0.1) is 0 Å². The standard InChI is InChI=1S/C16H17ClN2O3/c17-12-3-4-13-11(9-12)10-14(22-13)15(20)16(21)18-5-8-19-6-1-2-7-19/h3-4,9-10H,1-2,5-8H2,(H,18,21). The summed E-state index contributed by atoms with van der Waals surface area (Å²) in [5.41, 5.74) is 0.539. The molecule has 1 aliphatic rings. The molecule has 1 saturated heterocycles. The Kier molecular flexibility index (Phi) is 4.45. The summed E-state index contributed by atoms with van der Waals surface area (Å²) in [7, 11) is 0. The topological polar surface area (TPSA) is 62.6 Å². The van der Waals surface area contributed by atoms with E-state index in [1.54, 1.807) is 24.3 Å². The highest BCUT2D eigenvalue weighted by atomic mass is 35.5. The number of likely N-dealkylation sites (tertiary alicyclic amines) is 1. The van der Waals surface area contributed by atoms with Crippen LogP contribution in [0.5, 0.6) is 0 Å². The molecule has 3 rings (SSSR count). The number of ketones is 1. The molecule has 1 aromatic carbocycles. The van der Waals surface area contributed by atoms with Crippen molar-refractivity contribution >= 4 is 34.3 Å². The maximum atomic E-state index is 12.1. The number of nitrogens with zero attached hydrogens (tertiary/aromatic N) is 1. The molecule has 0 bridgehead atoms. The van der Waals surface area contributed by atoms with Gasteiger partial charge in [0, 0.05) is 23.5 Å². The lowest BCUT2D eigenvalue weighted by Crippen LogP contribution is -2.37. The van der Waals surface area contributed by atoms with Gasteiger partial charge < -0.3 is 14.6 Å². The van der Waals surface area contributed by atoms with Crippen molar-refractivity contribution in [3.05, 3.63) is 35.0 Å². The number of hydrogen-bond acceptors (Lipinski definition) is 4. The van der Waals surface area contributed by atoms with Gasteiger partial charge in [-0.05, 0) is 50.2 Å². The molecule has 2 heterocycles. The zero-order valence-corrected chi connectivity index (χ0v) is 12.9. The Bertz CT molecular complexity index is 704. The van der Waals surface area contributed by atoms with E-state index in [0.29, 0.717) is 22.5 Å². The van der Waals surface area contributed by atoms with Crippen LogP contribution in [0.4, 0.5) is 0 Å². The Balaban J connectivity index is 1.60. The molecule has 0 radical (unpaired) electrons. The lowest BCUT2D eigenvalue weighted by atomic mass is 10.2. The number of furan rings is 1. The van der Waals surface area contributed by atoms with Crippen LogP contribution in [0.2, 0.25) is 5.02 Å². The Hall–Kier alpha value is -1.85. The molecule has 22 heavy (non-hydrogen) atoms. The van der Waals surface area contributed by atoms with Crippen molar-refractivity contribution < 1.29 is 14.0 Å². The summed E-state index contributed by atoms with van der Waals surface area (Å²) in [6.45, 7) is 3.37. The number of rotatable bonds is 5. The number of fused-ring (bicyclic) bond motifs is 1. The van der Waals surface area contributed by atoms with Gasteiger partial charge in [0.2, 0.25) is 0 Å². The van der Waals surface area contributed by atoms with Crippen LogP contribution in [0.25, 0.3) is 11.0 Å². The summed E-state index contributed by atoms with van der Waals surface area (Å²) in [6, 6.07) is 6.60. The summed E-state index contributed by atoms with van der Waals surface area (Å²) in [4.78, 5) is 26.2. The largest absolute Gasteiger partial charge is 0.452 e. The van der Waals surface area contributed by atoms with E-state index in [1.165, 1.54) is 12.8 Å². The van der Waals surface area contributed by atoms with Crippen molar-refractivity contribution in [1.82, 2.24) is 10.2 Å². The van der Waals surface area contributed by atoms with E-state index in [9.17, 15) is 9.59 Å². The molecular weight excluding hydrogens is 304 g/mol. The van der Waals surface area contributed by atoms with E-state index < -0.39 is 11.7 Å². The third-order valence-electron chi connectivity index (χ3n) is 3.82. The molecule has 0 atom stereocenters. The molecule has 1 aromatic heterocycles. The normalized spacial score (nSPS) is 15.3. The van der Waals surface area contributed by atoms with E-state index in [4.69, 9.17) is 16.0 Å². The van der Waals surface area contributed by atoms with Crippen LogP contribution in [-0.4, -0.2) is 42.8 Å². The Labute approximate surface area is 133 Å². The van der Waals surface area contributed by atoms with Gasteiger partial charge in [0.25, 0.3) is 11.7 Å². The number of nitrogens with one attached hydrogen (secondary N) is 1. The molecule has 0 saturated carbocycles. The van der Waals surface area contributed by atoms with E-state index in [-0.39, 0.29) is 5.76 Å². The van der Waals surface area contributed by atoms with Gasteiger partial charge in [0.05, 0.1) is 0 Å². The summed E-state index contributed by atoms with van der Waals surface area (Å²) in [6.07, 6.45) is 2.41. The van der Waals surface area contributed by atoms with Crippen molar-refractivity contribution in [3.8, 4) is 0 Å². The van der Waals surface area contributed by atoms with E-state index in [0.717, 1.165) is 19.6 Å². The molecule has 0 aliphatic carbocycles. The maximum Gasteiger partial charge on any atom is 0.295 e. The third-order valence-corrected chi connectivity index (χ3v) is 4.06. The van der Waals surface area contributed by atoms with E-state index >= 15 is 0 Å². The number of carbonyl (C=O) groups is 2. The quantitative estimate of drug-likeness (QED) is 0.679. The van der Waals surface area contributed by atoms with Crippen molar-refractivity contribution in [2.45, 2.75) is 12.8 Å². The fourth-order valence-electron chi connectivity index (χ4n) is 2.65. The number of halogens is 1. The number of hydrogen-bond donors (Lipinski definition) is 1. The van der Waals surface area contributed by atoms with Crippen LogP contribution in [0.1, 0.15) is 23.4 Å². The van der Waals surface area contributed by atoms with Crippen molar-refractivity contribution in [2.75, 3.05) is 26.2 Å². The summed E-state index contributed by atoms with van der Waals surface area (Å²) in [5, 5.41) is 3.91. The summed E-state index contributed by atoms with van der Waals surface area (Å²) >= 11 is 5.89. The van der Waals surface area contributed by atoms with Crippen LogP contribution in [-0.2, 0) is 4.79 Å². The van der Waals surface area contributed by atoms with Gasteiger partial charge >= 0.3 is 0 Å². The molecule has 1 fully saturated rings. The first kappa shape index (κ1) is 15.1. The lowest BCUT2D eigenvalue weighted by molar-refractivity contribution is -0.117. The fourth-order valence-corrected chi connectivity index (χ4v) is 2.83. The lowest BCUT2D eigenvalue weighted by Gasteiger charge is -2.14. The van der Waals surface area contributed by atoms with Crippen molar-refractivity contribution in [2.24, 2.45) is 0 Å². The number of benzene rings is 1. The Morgan fingerprint density at radius 2 is 2.00 bits per heavy atom. The van der Waals surface area contributed by atoms with Crippen LogP contribution >= 0.6 is 11.6 Å². The molecular formula is C16H17ClN2O3. The Morgan fingerprint density at radius 1 is 1.23 bits per heavy atom. The smallest absolute Gasteiger partial charge is 0.295 e. The molecule has 1 aliphatic heterocycles. The summed E-state index contributed by atoms with van der Waals surface area (Å²) in [5.74, 6) is -1.26. The van der Waals surface area contributed by atoms with Gasteiger partial charge in [0.15, 0.2) is 5.76 Å². The first-order valence-electron chi connectivity index (χ1n) is 7.37. The SMILES string of the molecule is O=C(NCCN1CCCC1)C(=O)c1cc2cc(Cl)ccc2o1. The monoisotopic (exact) mass is 320 g/mol. The third kappa shape index (κ3) is 3.31. The van der Waals surface area contributed by atoms with Crippen molar-refractivity contribution in [1.29, 1.82) is 0 Å². The molecule has 0 unspecified atom stereocenters. The minimum absolute atomic E-state index is 0.0379. The van der Waals surface area contributed by atoms with Gasteiger partial charge in [-0.1, -0.05) is 11.6 Å². The average molecular weight is 321 g/mol. The predicted molar refractivity (Wildman–Crippen MR) is 84.2 cm³/mol.